The third kappa shape index (κ3) is 2.68. The van der Waals surface area contributed by atoms with E-state index >= 15 is 0 Å². The van der Waals surface area contributed by atoms with Crippen molar-refractivity contribution in [3.63, 3.8) is 0 Å². The monoisotopic (exact) mass is 256 g/mol. The van der Waals surface area contributed by atoms with E-state index in [4.69, 9.17) is 0 Å². The summed E-state index contributed by atoms with van der Waals surface area (Å²) in [4.78, 5) is 12.2. The highest BCUT2D eigenvalue weighted by molar-refractivity contribution is 5.56. The molecular weight excluding hydrogens is 236 g/mol. The van der Waals surface area contributed by atoms with Crippen molar-refractivity contribution in [2.45, 2.75) is 37.6 Å². The Morgan fingerprint density at radius 2 is 2.05 bits per heavy atom. The van der Waals surface area contributed by atoms with Crippen LogP contribution in [0, 0.1) is 0 Å². The quantitative estimate of drug-likeness (QED) is 0.887. The third-order valence-electron chi connectivity index (χ3n) is 4.09. The Labute approximate surface area is 113 Å². The normalized spacial score (nSPS) is 23.4. The van der Waals surface area contributed by atoms with E-state index in [0.29, 0.717) is 12.0 Å². The first-order valence-corrected chi connectivity index (χ1v) is 6.99. The lowest BCUT2D eigenvalue weighted by molar-refractivity contribution is 0.352. The molecule has 0 radical (unpaired) electrons. The molecule has 0 amide bonds. The Morgan fingerprint density at radius 1 is 1.21 bits per heavy atom. The molecule has 0 atom stereocenters. The Morgan fingerprint density at radius 3 is 2.74 bits per heavy atom. The second kappa shape index (κ2) is 5.53. The van der Waals surface area contributed by atoms with Crippen molar-refractivity contribution >= 4 is 0 Å². The maximum absolute atomic E-state index is 4.56. The third-order valence-corrected chi connectivity index (χ3v) is 4.09. The van der Waals surface area contributed by atoms with Crippen LogP contribution in [0.3, 0.4) is 0 Å². The van der Waals surface area contributed by atoms with Crippen LogP contribution in [0.2, 0.25) is 0 Å². The highest BCUT2D eigenvalue weighted by atomic mass is 14.9. The van der Waals surface area contributed by atoms with Gasteiger partial charge in [-0.1, -0.05) is 0 Å². The van der Waals surface area contributed by atoms with Gasteiger partial charge in [0.25, 0.3) is 0 Å². The summed E-state index contributed by atoms with van der Waals surface area (Å²) in [6.45, 7) is 0. The van der Waals surface area contributed by atoms with Gasteiger partial charge in [-0.25, -0.2) is 4.98 Å². The minimum absolute atomic E-state index is 0.579. The van der Waals surface area contributed by atoms with E-state index < -0.39 is 0 Å². The molecule has 1 fully saturated rings. The molecule has 0 saturated heterocycles. The lowest BCUT2D eigenvalue weighted by Crippen LogP contribution is -2.29. The fraction of sp³-hybridized carbons (Fsp3) is 0.467. The first-order valence-electron chi connectivity index (χ1n) is 6.99. The minimum Gasteiger partial charge on any atom is -0.342 e. The van der Waals surface area contributed by atoms with Crippen molar-refractivity contribution in [3.05, 3.63) is 36.5 Å². The number of hydrogen-bond acceptors (Lipinski definition) is 3. The number of aromatic amines is 1. The van der Waals surface area contributed by atoms with Crippen LogP contribution >= 0.6 is 0 Å². The molecule has 2 heterocycles. The number of H-pyrrole nitrogens is 1. The van der Waals surface area contributed by atoms with Crippen molar-refractivity contribution in [2.24, 2.45) is 0 Å². The van der Waals surface area contributed by atoms with Crippen LogP contribution in [0.4, 0.5) is 0 Å². The van der Waals surface area contributed by atoms with E-state index in [1.807, 2.05) is 18.5 Å². The fourth-order valence-corrected chi connectivity index (χ4v) is 2.87. The van der Waals surface area contributed by atoms with E-state index in [9.17, 15) is 0 Å². The van der Waals surface area contributed by atoms with Crippen LogP contribution in [-0.4, -0.2) is 28.0 Å². The topological polar surface area (TPSA) is 53.6 Å². The lowest BCUT2D eigenvalue weighted by Gasteiger charge is -2.26. The predicted molar refractivity (Wildman–Crippen MR) is 75.9 cm³/mol. The van der Waals surface area contributed by atoms with Crippen LogP contribution in [0.25, 0.3) is 11.3 Å². The highest BCUT2D eigenvalue weighted by Crippen LogP contribution is 2.32. The summed E-state index contributed by atoms with van der Waals surface area (Å²) in [6, 6.07) is 4.69. The van der Waals surface area contributed by atoms with Crippen LogP contribution in [0.5, 0.6) is 0 Å². The molecule has 19 heavy (non-hydrogen) atoms. The van der Waals surface area contributed by atoms with Crippen LogP contribution < -0.4 is 5.32 Å². The zero-order valence-corrected chi connectivity index (χ0v) is 11.3. The maximum Gasteiger partial charge on any atom is 0.109 e. The Balaban J connectivity index is 1.72. The van der Waals surface area contributed by atoms with E-state index in [-0.39, 0.29) is 0 Å². The molecule has 0 aliphatic heterocycles. The van der Waals surface area contributed by atoms with Gasteiger partial charge >= 0.3 is 0 Å². The van der Waals surface area contributed by atoms with Gasteiger partial charge in [-0.3, -0.25) is 4.98 Å². The number of hydrogen-bond donors (Lipinski definition) is 2. The van der Waals surface area contributed by atoms with Crippen molar-refractivity contribution < 1.29 is 0 Å². The predicted octanol–water partition coefficient (Wildman–Crippen LogP) is 2.72. The summed E-state index contributed by atoms with van der Waals surface area (Å²) in [5.41, 5.74) is 2.17. The molecule has 2 aromatic heterocycles. The van der Waals surface area contributed by atoms with Gasteiger partial charge in [-0.05, 0) is 44.9 Å². The zero-order valence-electron chi connectivity index (χ0n) is 11.3. The number of nitrogens with one attached hydrogen (secondary N) is 2. The summed E-state index contributed by atoms with van der Waals surface area (Å²) < 4.78 is 0. The summed E-state index contributed by atoms with van der Waals surface area (Å²) >= 11 is 0. The number of imidazole rings is 1. The summed E-state index contributed by atoms with van der Waals surface area (Å²) in [7, 11) is 2.05. The van der Waals surface area contributed by atoms with Crippen molar-refractivity contribution in [3.8, 4) is 11.3 Å². The van der Waals surface area contributed by atoms with Gasteiger partial charge in [0.1, 0.15) is 5.82 Å². The second-order valence-electron chi connectivity index (χ2n) is 5.26. The molecule has 0 unspecified atom stereocenters. The van der Waals surface area contributed by atoms with Crippen molar-refractivity contribution in [1.82, 2.24) is 20.3 Å². The fourth-order valence-electron chi connectivity index (χ4n) is 2.87. The van der Waals surface area contributed by atoms with Gasteiger partial charge in [0.15, 0.2) is 0 Å². The maximum atomic E-state index is 4.56. The van der Waals surface area contributed by atoms with E-state index in [1.54, 1.807) is 6.20 Å². The smallest absolute Gasteiger partial charge is 0.109 e. The van der Waals surface area contributed by atoms with E-state index in [0.717, 1.165) is 17.1 Å². The van der Waals surface area contributed by atoms with Crippen LogP contribution in [-0.2, 0) is 0 Å². The summed E-state index contributed by atoms with van der Waals surface area (Å²) in [5, 5.41) is 3.37. The first kappa shape index (κ1) is 12.4. The molecule has 100 valence electrons. The molecule has 2 aromatic rings. The summed E-state index contributed by atoms with van der Waals surface area (Å²) in [6.07, 6.45) is 10.5. The standard InChI is InChI=1S/C15H20N4/c1-16-13-6-4-11(5-7-13)15-18-10-14(19-15)12-3-2-8-17-9-12/h2-3,8-11,13,16H,4-7H2,1H3,(H,18,19). The number of pyridine rings is 1. The largest absolute Gasteiger partial charge is 0.342 e. The molecule has 1 aliphatic rings. The second-order valence-corrected chi connectivity index (χ2v) is 5.26. The molecule has 2 N–H and O–H groups in total. The highest BCUT2D eigenvalue weighted by Gasteiger charge is 2.23. The molecule has 1 saturated carbocycles. The molecule has 0 aromatic carbocycles. The Kier molecular flexibility index (Phi) is 3.60. The van der Waals surface area contributed by atoms with Gasteiger partial charge in [-0.2, -0.15) is 0 Å². The molecular formula is C15H20N4. The van der Waals surface area contributed by atoms with E-state index in [2.05, 4.69) is 33.4 Å². The first-order chi connectivity index (χ1) is 9.36. The van der Waals surface area contributed by atoms with Crippen LogP contribution in [0.1, 0.15) is 37.4 Å². The minimum atomic E-state index is 0.579. The number of aromatic nitrogens is 3. The zero-order chi connectivity index (χ0) is 13.1. The molecule has 0 spiro atoms. The van der Waals surface area contributed by atoms with Crippen LogP contribution in [0.15, 0.2) is 30.7 Å². The average molecular weight is 256 g/mol. The lowest BCUT2D eigenvalue weighted by atomic mass is 9.86. The average Bonchev–Trinajstić information content (AvgIpc) is 2.98. The molecule has 4 heteroatoms. The van der Waals surface area contributed by atoms with Gasteiger partial charge in [0, 0.05) is 29.9 Å². The van der Waals surface area contributed by atoms with Gasteiger partial charge in [0.2, 0.25) is 0 Å². The van der Waals surface area contributed by atoms with Crippen molar-refractivity contribution in [1.29, 1.82) is 0 Å². The van der Waals surface area contributed by atoms with Gasteiger partial charge < -0.3 is 10.3 Å². The van der Waals surface area contributed by atoms with Crippen molar-refractivity contribution in [2.75, 3.05) is 7.05 Å². The van der Waals surface area contributed by atoms with Gasteiger partial charge in [-0.15, -0.1) is 0 Å². The molecule has 3 rings (SSSR count). The van der Waals surface area contributed by atoms with Gasteiger partial charge in [0.05, 0.1) is 11.9 Å². The molecule has 4 nitrogen and oxygen atoms in total. The molecule has 1 aliphatic carbocycles. The Bertz CT molecular complexity index is 512. The Hall–Kier alpha value is -1.68. The summed E-state index contributed by atoms with van der Waals surface area (Å²) in [5.74, 6) is 1.71. The number of nitrogens with zero attached hydrogens (tertiary/aromatic N) is 2. The molecule has 0 bridgehead atoms. The number of rotatable bonds is 3. The SMILES string of the molecule is CNC1CCC(c2ncc(-c3cccnc3)[nH]2)CC1. The van der Waals surface area contributed by atoms with E-state index in [1.165, 1.54) is 25.7 Å².